The molecule has 1 saturated heterocycles. The van der Waals surface area contributed by atoms with Crippen LogP contribution in [0.25, 0.3) is 5.57 Å². The van der Waals surface area contributed by atoms with Gasteiger partial charge in [0.15, 0.2) is 0 Å². The molecule has 1 amide bonds. The maximum absolute atomic E-state index is 13.6. The highest BCUT2D eigenvalue weighted by atomic mass is 19.1. The number of nitrogens with two attached hydrogens (primary N) is 1. The molecule has 0 saturated carbocycles. The van der Waals surface area contributed by atoms with Crippen molar-refractivity contribution in [1.29, 1.82) is 0 Å². The number of likely N-dealkylation sites (tertiary alicyclic amines) is 1. The molecule has 1 heterocycles. The summed E-state index contributed by atoms with van der Waals surface area (Å²) in [5.74, 6) is -1.49. The summed E-state index contributed by atoms with van der Waals surface area (Å²) in [6.45, 7) is 2.77. The minimum Gasteiger partial charge on any atom is -0.338 e. The highest BCUT2D eigenvalue weighted by Crippen LogP contribution is 2.19. The number of benzene rings is 1. The molecular weight excluding hydrogens is 250 g/mol. The van der Waals surface area contributed by atoms with Gasteiger partial charge in [0.2, 0.25) is 5.91 Å². The van der Waals surface area contributed by atoms with E-state index in [9.17, 15) is 13.6 Å². The zero-order valence-electron chi connectivity index (χ0n) is 10.7. The van der Waals surface area contributed by atoms with E-state index in [2.05, 4.69) is 0 Å². The first-order valence-corrected chi connectivity index (χ1v) is 6.15. The molecule has 0 spiro atoms. The third-order valence-corrected chi connectivity index (χ3v) is 3.23. The first-order valence-electron chi connectivity index (χ1n) is 6.15. The van der Waals surface area contributed by atoms with Crippen molar-refractivity contribution in [2.24, 2.45) is 5.73 Å². The Morgan fingerprint density at radius 2 is 2.21 bits per heavy atom. The van der Waals surface area contributed by atoms with Gasteiger partial charge in [-0.1, -0.05) is 0 Å². The molecule has 0 aliphatic carbocycles. The molecule has 102 valence electrons. The van der Waals surface area contributed by atoms with Crippen LogP contribution < -0.4 is 5.73 Å². The quantitative estimate of drug-likeness (QED) is 0.831. The maximum Gasteiger partial charge on any atom is 0.246 e. The van der Waals surface area contributed by atoms with Crippen LogP contribution in [0, 0.1) is 11.6 Å². The average Bonchev–Trinajstić information content (AvgIpc) is 2.75. The Hall–Kier alpha value is -1.75. The number of allylic oxidation sites excluding steroid dienone is 1. The molecular formula is C14H16F2N2O. The zero-order valence-corrected chi connectivity index (χ0v) is 10.7. The van der Waals surface area contributed by atoms with Crippen molar-refractivity contribution in [3.63, 3.8) is 0 Å². The summed E-state index contributed by atoms with van der Waals surface area (Å²) in [4.78, 5) is 13.6. The van der Waals surface area contributed by atoms with Gasteiger partial charge in [0.05, 0.1) is 0 Å². The van der Waals surface area contributed by atoms with Gasteiger partial charge < -0.3 is 10.6 Å². The number of hydrogen-bond acceptors (Lipinski definition) is 2. The number of hydrogen-bond donors (Lipinski definition) is 1. The fourth-order valence-electron chi connectivity index (χ4n) is 2.15. The van der Waals surface area contributed by atoms with Crippen LogP contribution in [0.15, 0.2) is 24.3 Å². The van der Waals surface area contributed by atoms with Gasteiger partial charge >= 0.3 is 0 Å². The van der Waals surface area contributed by atoms with E-state index in [1.165, 1.54) is 18.2 Å². The molecule has 0 radical (unpaired) electrons. The largest absolute Gasteiger partial charge is 0.338 e. The van der Waals surface area contributed by atoms with Gasteiger partial charge in [-0.3, -0.25) is 4.79 Å². The fraction of sp³-hybridized carbons (Fsp3) is 0.357. The molecule has 1 aromatic rings. The summed E-state index contributed by atoms with van der Waals surface area (Å²) in [5, 5.41) is 0. The highest BCUT2D eigenvalue weighted by molar-refractivity contribution is 5.95. The minimum atomic E-state index is -0.667. The van der Waals surface area contributed by atoms with E-state index in [4.69, 9.17) is 5.73 Å². The summed E-state index contributed by atoms with van der Waals surface area (Å²) in [7, 11) is 0. The Bertz CT molecular complexity index is 528. The molecule has 1 aromatic carbocycles. The van der Waals surface area contributed by atoms with E-state index in [1.54, 1.807) is 11.8 Å². The Morgan fingerprint density at radius 3 is 2.79 bits per heavy atom. The molecule has 1 atom stereocenters. The SMILES string of the molecule is C/C(=C/C(=O)N1CC[C@@H](N)C1)c1ccc(F)cc1F. The van der Waals surface area contributed by atoms with Crippen LogP contribution in [0.2, 0.25) is 0 Å². The predicted molar refractivity (Wildman–Crippen MR) is 69.2 cm³/mol. The van der Waals surface area contributed by atoms with Crippen LogP contribution in [0.1, 0.15) is 18.9 Å². The van der Waals surface area contributed by atoms with Crippen molar-refractivity contribution in [3.05, 3.63) is 41.5 Å². The average molecular weight is 266 g/mol. The molecule has 0 aromatic heterocycles. The van der Waals surface area contributed by atoms with E-state index < -0.39 is 11.6 Å². The van der Waals surface area contributed by atoms with Crippen molar-refractivity contribution in [2.75, 3.05) is 13.1 Å². The highest BCUT2D eigenvalue weighted by Gasteiger charge is 2.22. The summed E-state index contributed by atoms with van der Waals surface area (Å²) >= 11 is 0. The van der Waals surface area contributed by atoms with Gasteiger partial charge in [0.25, 0.3) is 0 Å². The number of halogens is 2. The maximum atomic E-state index is 13.6. The molecule has 1 aliphatic rings. The number of amides is 1. The monoisotopic (exact) mass is 266 g/mol. The second kappa shape index (κ2) is 5.48. The lowest BCUT2D eigenvalue weighted by atomic mass is 10.1. The zero-order chi connectivity index (χ0) is 14.0. The molecule has 5 heteroatoms. The number of rotatable bonds is 2. The van der Waals surface area contributed by atoms with Crippen molar-refractivity contribution >= 4 is 11.5 Å². The molecule has 0 bridgehead atoms. The summed E-state index contributed by atoms with van der Waals surface area (Å²) in [6.07, 6.45) is 2.15. The first-order chi connectivity index (χ1) is 8.97. The lowest BCUT2D eigenvalue weighted by molar-refractivity contribution is -0.125. The molecule has 1 fully saturated rings. The Morgan fingerprint density at radius 1 is 1.47 bits per heavy atom. The van der Waals surface area contributed by atoms with Crippen LogP contribution in [0.4, 0.5) is 8.78 Å². The first kappa shape index (κ1) is 13.7. The van der Waals surface area contributed by atoms with Gasteiger partial charge in [-0.05, 0) is 31.1 Å². The Labute approximate surface area is 110 Å². The lowest BCUT2D eigenvalue weighted by Gasteiger charge is -2.14. The molecule has 19 heavy (non-hydrogen) atoms. The molecule has 2 N–H and O–H groups in total. The molecule has 3 nitrogen and oxygen atoms in total. The second-order valence-electron chi connectivity index (χ2n) is 4.78. The van der Waals surface area contributed by atoms with Crippen LogP contribution in [0.5, 0.6) is 0 Å². The lowest BCUT2D eigenvalue weighted by Crippen LogP contribution is -2.30. The number of carbonyl (C=O) groups is 1. The van der Waals surface area contributed by atoms with E-state index in [1.807, 2.05) is 0 Å². The van der Waals surface area contributed by atoms with E-state index >= 15 is 0 Å². The van der Waals surface area contributed by atoms with Gasteiger partial charge in [0, 0.05) is 36.8 Å². The third kappa shape index (κ3) is 3.17. The van der Waals surface area contributed by atoms with Gasteiger partial charge in [-0.2, -0.15) is 0 Å². The second-order valence-corrected chi connectivity index (χ2v) is 4.78. The number of carbonyl (C=O) groups excluding carboxylic acids is 1. The normalized spacial score (nSPS) is 19.9. The molecule has 1 aliphatic heterocycles. The predicted octanol–water partition coefficient (Wildman–Crippen LogP) is 1.93. The van der Waals surface area contributed by atoms with Crippen molar-refractivity contribution in [2.45, 2.75) is 19.4 Å². The molecule has 2 rings (SSSR count). The topological polar surface area (TPSA) is 46.3 Å². The van der Waals surface area contributed by atoms with Gasteiger partial charge in [-0.25, -0.2) is 8.78 Å². The van der Waals surface area contributed by atoms with Crippen molar-refractivity contribution in [3.8, 4) is 0 Å². The Kier molecular flexibility index (Phi) is 3.95. The molecule has 0 unspecified atom stereocenters. The third-order valence-electron chi connectivity index (χ3n) is 3.23. The number of nitrogens with zero attached hydrogens (tertiary/aromatic N) is 1. The van der Waals surface area contributed by atoms with Crippen LogP contribution in [0.3, 0.4) is 0 Å². The Balaban J connectivity index is 2.16. The van der Waals surface area contributed by atoms with E-state index in [-0.39, 0.29) is 17.5 Å². The van der Waals surface area contributed by atoms with Crippen molar-refractivity contribution < 1.29 is 13.6 Å². The summed E-state index contributed by atoms with van der Waals surface area (Å²) < 4.78 is 26.4. The standard InChI is InChI=1S/C14H16F2N2O/c1-9(12-3-2-10(15)7-13(12)16)6-14(19)18-5-4-11(17)8-18/h2-3,6-7,11H,4-5,8,17H2,1H3/b9-6-/t11-/m1/s1. The summed E-state index contributed by atoms with van der Waals surface area (Å²) in [5.41, 5.74) is 6.44. The smallest absolute Gasteiger partial charge is 0.246 e. The van der Waals surface area contributed by atoms with Crippen LogP contribution in [-0.4, -0.2) is 29.9 Å². The minimum absolute atomic E-state index is 0.0141. The van der Waals surface area contributed by atoms with E-state index in [0.29, 0.717) is 18.7 Å². The fourth-order valence-corrected chi connectivity index (χ4v) is 2.15. The van der Waals surface area contributed by atoms with Gasteiger partial charge in [0.1, 0.15) is 11.6 Å². The summed E-state index contributed by atoms with van der Waals surface area (Å²) in [6, 6.07) is 3.33. The van der Waals surface area contributed by atoms with Crippen LogP contribution >= 0.6 is 0 Å². The van der Waals surface area contributed by atoms with E-state index in [0.717, 1.165) is 12.5 Å². The van der Waals surface area contributed by atoms with Crippen LogP contribution in [-0.2, 0) is 4.79 Å². The van der Waals surface area contributed by atoms with Crippen molar-refractivity contribution in [1.82, 2.24) is 4.90 Å². The van der Waals surface area contributed by atoms with Gasteiger partial charge in [-0.15, -0.1) is 0 Å².